The first-order chi connectivity index (χ1) is 10.8. The second-order valence-electron chi connectivity index (χ2n) is 5.37. The molecule has 0 aliphatic heterocycles. The Morgan fingerprint density at radius 3 is 2.91 bits per heavy atom. The van der Waals surface area contributed by atoms with Crippen molar-refractivity contribution in [3.05, 3.63) is 31.7 Å². The van der Waals surface area contributed by atoms with Crippen molar-refractivity contribution in [1.29, 1.82) is 0 Å². The predicted molar refractivity (Wildman–Crippen MR) is 89.4 cm³/mol. The number of hydrogen-bond acceptors (Lipinski definition) is 6. The van der Waals surface area contributed by atoms with Crippen LogP contribution in [0.1, 0.15) is 50.3 Å². The van der Waals surface area contributed by atoms with Crippen LogP contribution in [0.5, 0.6) is 0 Å². The van der Waals surface area contributed by atoms with Gasteiger partial charge in [0.15, 0.2) is 0 Å². The van der Waals surface area contributed by atoms with Gasteiger partial charge in [0.2, 0.25) is 0 Å². The molecule has 0 fully saturated rings. The van der Waals surface area contributed by atoms with Crippen LogP contribution in [0.25, 0.3) is 0 Å². The summed E-state index contributed by atoms with van der Waals surface area (Å²) in [6.07, 6.45) is 6.73. The molecule has 0 aromatic carbocycles. The van der Waals surface area contributed by atoms with Gasteiger partial charge in [0, 0.05) is 29.8 Å². The van der Waals surface area contributed by atoms with Gasteiger partial charge in [-0.1, -0.05) is 0 Å². The zero-order chi connectivity index (χ0) is 15.4. The first-order valence-electron chi connectivity index (χ1n) is 7.66. The van der Waals surface area contributed by atoms with Crippen LogP contribution in [0.3, 0.4) is 0 Å². The lowest BCUT2D eigenvalue weighted by atomic mass is 10.0. The van der Waals surface area contributed by atoms with Gasteiger partial charge in [-0.3, -0.25) is 4.79 Å². The number of carbonyl (C=O) groups is 1. The number of aryl methyl sites for hydroxylation is 3. The Kier molecular flexibility index (Phi) is 5.17. The Morgan fingerprint density at radius 2 is 2.14 bits per heavy atom. The summed E-state index contributed by atoms with van der Waals surface area (Å²) >= 11 is 3.27. The molecule has 0 radical (unpaired) electrons. The van der Waals surface area contributed by atoms with E-state index in [0.29, 0.717) is 18.8 Å². The van der Waals surface area contributed by atoms with E-state index < -0.39 is 0 Å². The van der Waals surface area contributed by atoms with E-state index in [9.17, 15) is 4.79 Å². The molecule has 0 unspecified atom stereocenters. The highest BCUT2D eigenvalue weighted by atomic mass is 32.1. The van der Waals surface area contributed by atoms with Gasteiger partial charge >= 0.3 is 0 Å². The highest BCUT2D eigenvalue weighted by Gasteiger charge is 2.15. The van der Waals surface area contributed by atoms with E-state index in [0.717, 1.165) is 24.3 Å². The minimum absolute atomic E-state index is 0.116. The van der Waals surface area contributed by atoms with E-state index >= 15 is 0 Å². The van der Waals surface area contributed by atoms with Crippen LogP contribution in [-0.2, 0) is 25.8 Å². The third-order valence-electron chi connectivity index (χ3n) is 3.70. The van der Waals surface area contributed by atoms with Crippen LogP contribution in [0.15, 0.2) is 5.38 Å². The Hall–Kier alpha value is -1.31. The van der Waals surface area contributed by atoms with Crippen molar-refractivity contribution in [3.63, 3.8) is 0 Å². The SMILES string of the molecule is NCc1nc(C(=O)NCCCc2nc3c(s2)CCCC3)cs1. The van der Waals surface area contributed by atoms with Crippen molar-refractivity contribution in [2.45, 2.75) is 45.1 Å². The minimum Gasteiger partial charge on any atom is -0.351 e. The van der Waals surface area contributed by atoms with Crippen LogP contribution in [-0.4, -0.2) is 22.4 Å². The molecule has 118 valence electrons. The molecule has 3 rings (SSSR count). The molecule has 0 saturated heterocycles. The number of amides is 1. The molecular formula is C15H20N4OS2. The molecule has 22 heavy (non-hydrogen) atoms. The van der Waals surface area contributed by atoms with Gasteiger partial charge < -0.3 is 11.1 Å². The van der Waals surface area contributed by atoms with Gasteiger partial charge in [-0.25, -0.2) is 9.97 Å². The second kappa shape index (κ2) is 7.30. The largest absolute Gasteiger partial charge is 0.351 e. The van der Waals surface area contributed by atoms with Crippen LogP contribution < -0.4 is 11.1 Å². The first-order valence-corrected chi connectivity index (χ1v) is 9.36. The molecule has 0 bridgehead atoms. The summed E-state index contributed by atoms with van der Waals surface area (Å²) in [4.78, 5) is 22.3. The Morgan fingerprint density at radius 1 is 1.27 bits per heavy atom. The third-order valence-corrected chi connectivity index (χ3v) is 5.79. The molecule has 2 heterocycles. The lowest BCUT2D eigenvalue weighted by molar-refractivity contribution is 0.0949. The molecular weight excluding hydrogens is 316 g/mol. The van der Waals surface area contributed by atoms with Crippen LogP contribution in [0.2, 0.25) is 0 Å². The summed E-state index contributed by atoms with van der Waals surface area (Å²) in [5, 5.41) is 6.66. The smallest absolute Gasteiger partial charge is 0.270 e. The van der Waals surface area contributed by atoms with Gasteiger partial charge in [-0.15, -0.1) is 22.7 Å². The summed E-state index contributed by atoms with van der Waals surface area (Å²) < 4.78 is 0. The average molecular weight is 336 g/mol. The zero-order valence-corrected chi connectivity index (χ0v) is 14.1. The first kappa shape index (κ1) is 15.6. The number of nitrogens with two attached hydrogens (primary N) is 1. The summed E-state index contributed by atoms with van der Waals surface area (Å²) in [7, 11) is 0. The fourth-order valence-corrected chi connectivity index (χ4v) is 4.41. The van der Waals surface area contributed by atoms with Crippen molar-refractivity contribution in [1.82, 2.24) is 15.3 Å². The Bertz CT molecular complexity index is 626. The number of aromatic nitrogens is 2. The van der Waals surface area contributed by atoms with Crippen molar-refractivity contribution in [2.24, 2.45) is 5.73 Å². The van der Waals surface area contributed by atoms with E-state index in [-0.39, 0.29) is 5.91 Å². The fourth-order valence-electron chi connectivity index (χ4n) is 2.55. The number of fused-ring (bicyclic) bond motifs is 1. The van der Waals surface area contributed by atoms with E-state index in [4.69, 9.17) is 10.7 Å². The van der Waals surface area contributed by atoms with Crippen molar-refractivity contribution in [2.75, 3.05) is 6.54 Å². The lowest BCUT2D eigenvalue weighted by Gasteiger charge is -2.06. The average Bonchev–Trinajstić information content (AvgIpc) is 3.17. The van der Waals surface area contributed by atoms with Crippen LogP contribution >= 0.6 is 22.7 Å². The highest BCUT2D eigenvalue weighted by Crippen LogP contribution is 2.27. The number of thiazole rings is 2. The topological polar surface area (TPSA) is 80.9 Å². The molecule has 0 saturated carbocycles. The summed E-state index contributed by atoms with van der Waals surface area (Å²) in [6, 6.07) is 0. The summed E-state index contributed by atoms with van der Waals surface area (Å²) in [5.74, 6) is -0.116. The molecule has 7 heteroatoms. The quantitative estimate of drug-likeness (QED) is 0.793. The number of carbonyl (C=O) groups excluding carboxylic acids is 1. The molecule has 3 N–H and O–H groups in total. The Balaban J connectivity index is 1.43. The Labute approximate surface area is 138 Å². The van der Waals surface area contributed by atoms with E-state index in [1.165, 1.54) is 46.2 Å². The predicted octanol–water partition coefficient (Wildman–Crippen LogP) is 2.30. The van der Waals surface area contributed by atoms with E-state index in [2.05, 4.69) is 10.3 Å². The molecule has 0 atom stereocenters. The maximum Gasteiger partial charge on any atom is 0.270 e. The zero-order valence-electron chi connectivity index (χ0n) is 12.4. The minimum atomic E-state index is -0.116. The normalized spacial score (nSPS) is 13.9. The molecule has 2 aromatic heterocycles. The fraction of sp³-hybridized carbons (Fsp3) is 0.533. The van der Waals surface area contributed by atoms with E-state index in [1.54, 1.807) is 5.38 Å². The summed E-state index contributed by atoms with van der Waals surface area (Å²) in [6.45, 7) is 1.03. The number of nitrogens with one attached hydrogen (secondary N) is 1. The third kappa shape index (κ3) is 3.71. The standard InChI is InChI=1S/C15H20N4OS2/c16-8-14-19-11(9-21-14)15(20)17-7-3-6-13-18-10-4-1-2-5-12(10)22-13/h9H,1-8,16H2,(H,17,20). The molecule has 1 amide bonds. The van der Waals surface area contributed by atoms with Gasteiger partial charge in [0.1, 0.15) is 10.7 Å². The second-order valence-corrected chi connectivity index (χ2v) is 7.49. The number of rotatable bonds is 6. The van der Waals surface area contributed by atoms with Gasteiger partial charge in [0.05, 0.1) is 10.7 Å². The highest BCUT2D eigenvalue weighted by molar-refractivity contribution is 7.11. The van der Waals surface area contributed by atoms with Gasteiger partial charge in [-0.05, 0) is 32.1 Å². The van der Waals surface area contributed by atoms with Crippen molar-refractivity contribution in [3.8, 4) is 0 Å². The number of nitrogens with zero attached hydrogens (tertiary/aromatic N) is 2. The maximum atomic E-state index is 11.9. The van der Waals surface area contributed by atoms with Gasteiger partial charge in [-0.2, -0.15) is 0 Å². The van der Waals surface area contributed by atoms with Crippen molar-refractivity contribution >= 4 is 28.6 Å². The monoisotopic (exact) mass is 336 g/mol. The lowest BCUT2D eigenvalue weighted by Crippen LogP contribution is -2.25. The van der Waals surface area contributed by atoms with Crippen LogP contribution in [0, 0.1) is 0 Å². The molecule has 1 aliphatic rings. The molecule has 2 aromatic rings. The summed E-state index contributed by atoms with van der Waals surface area (Å²) in [5.41, 5.74) is 7.28. The van der Waals surface area contributed by atoms with Gasteiger partial charge in [0.25, 0.3) is 5.91 Å². The molecule has 5 nitrogen and oxygen atoms in total. The molecule has 1 aliphatic carbocycles. The maximum absolute atomic E-state index is 11.9. The van der Waals surface area contributed by atoms with E-state index in [1.807, 2.05) is 11.3 Å². The van der Waals surface area contributed by atoms with Crippen LogP contribution in [0.4, 0.5) is 0 Å². The molecule has 0 spiro atoms. The number of hydrogen-bond donors (Lipinski definition) is 2. The van der Waals surface area contributed by atoms with Crippen molar-refractivity contribution < 1.29 is 4.79 Å².